The Hall–Kier alpha value is -4.08. The molecule has 10 heteroatoms. The van der Waals surface area contributed by atoms with Gasteiger partial charge in [-0.1, -0.05) is 48.9 Å². The number of benzene rings is 2. The highest BCUT2D eigenvalue weighted by atomic mass is 19.4. The van der Waals surface area contributed by atoms with E-state index in [1.54, 1.807) is 0 Å². The third-order valence-electron chi connectivity index (χ3n) is 5.26. The van der Waals surface area contributed by atoms with Gasteiger partial charge < -0.3 is 19.6 Å². The summed E-state index contributed by atoms with van der Waals surface area (Å²) in [5, 5.41) is 12.6. The lowest BCUT2D eigenvalue weighted by Gasteiger charge is -2.11. The van der Waals surface area contributed by atoms with Crippen LogP contribution in [-0.4, -0.2) is 34.0 Å². The Morgan fingerprint density at radius 1 is 0.971 bits per heavy atom. The molecule has 0 amide bonds. The number of carboxylic acids is 1. The summed E-state index contributed by atoms with van der Waals surface area (Å²) < 4.78 is 47.9. The fourth-order valence-electron chi connectivity index (χ4n) is 3.74. The Kier molecular flexibility index (Phi) is 7.19. The van der Waals surface area contributed by atoms with Gasteiger partial charge in [0, 0.05) is 24.1 Å². The smallest absolute Gasteiger partial charge is 0.481 e. The van der Waals surface area contributed by atoms with Gasteiger partial charge in [-0.3, -0.25) is 4.79 Å². The fourth-order valence-corrected chi connectivity index (χ4v) is 3.74. The van der Waals surface area contributed by atoms with Crippen LogP contribution in [0.1, 0.15) is 25.7 Å². The van der Waals surface area contributed by atoms with Crippen LogP contribution in [0.2, 0.25) is 0 Å². The van der Waals surface area contributed by atoms with Crippen molar-refractivity contribution in [3.8, 4) is 28.2 Å². The summed E-state index contributed by atoms with van der Waals surface area (Å²) in [6, 6.07) is 14.9. The van der Waals surface area contributed by atoms with Crippen molar-refractivity contribution in [3.63, 3.8) is 0 Å². The lowest BCUT2D eigenvalue weighted by atomic mass is 9.99. The SMILES string of the molecule is O=C(O)CCCCCNc1ncnc2oc(-c3ccccc3)c(-c3ccc(OC(F)(F)F)cc3)c12. The number of anilines is 1. The lowest BCUT2D eigenvalue weighted by Crippen LogP contribution is -2.16. The number of halogens is 3. The van der Waals surface area contributed by atoms with E-state index in [0.29, 0.717) is 46.8 Å². The third kappa shape index (κ3) is 6.08. The maximum atomic E-state index is 12.6. The van der Waals surface area contributed by atoms with Crippen LogP contribution in [0.4, 0.5) is 19.0 Å². The van der Waals surface area contributed by atoms with E-state index in [1.807, 2.05) is 30.3 Å². The minimum Gasteiger partial charge on any atom is -0.481 e. The molecule has 0 atom stereocenters. The Morgan fingerprint density at radius 3 is 2.40 bits per heavy atom. The molecule has 0 bridgehead atoms. The van der Waals surface area contributed by atoms with Crippen LogP contribution in [0.3, 0.4) is 0 Å². The molecule has 0 aliphatic carbocycles. The summed E-state index contributed by atoms with van der Waals surface area (Å²) in [5.41, 5.74) is 2.35. The highest BCUT2D eigenvalue weighted by Crippen LogP contribution is 2.43. The van der Waals surface area contributed by atoms with Crippen molar-refractivity contribution in [1.29, 1.82) is 0 Å². The topological polar surface area (TPSA) is 97.5 Å². The Morgan fingerprint density at radius 2 is 1.71 bits per heavy atom. The highest BCUT2D eigenvalue weighted by Gasteiger charge is 2.31. The molecule has 35 heavy (non-hydrogen) atoms. The molecule has 0 saturated carbocycles. The number of unbranched alkanes of at least 4 members (excludes halogenated alkanes) is 2. The van der Waals surface area contributed by atoms with Crippen LogP contribution < -0.4 is 10.1 Å². The molecule has 2 aromatic heterocycles. The Labute approximate surface area is 198 Å². The first-order valence-corrected chi connectivity index (χ1v) is 11.0. The quantitative estimate of drug-likeness (QED) is 0.247. The minimum absolute atomic E-state index is 0.123. The molecule has 4 aromatic rings. The lowest BCUT2D eigenvalue weighted by molar-refractivity contribution is -0.274. The zero-order valence-corrected chi connectivity index (χ0v) is 18.5. The number of furan rings is 1. The summed E-state index contributed by atoms with van der Waals surface area (Å²) in [5.74, 6) is -0.121. The molecule has 2 aromatic carbocycles. The number of hydrogen-bond acceptors (Lipinski definition) is 6. The van der Waals surface area contributed by atoms with Gasteiger partial charge in [0.25, 0.3) is 0 Å². The van der Waals surface area contributed by atoms with Crippen molar-refractivity contribution in [2.24, 2.45) is 0 Å². The summed E-state index contributed by atoms with van der Waals surface area (Å²) in [6.45, 7) is 0.551. The average Bonchev–Trinajstić information content (AvgIpc) is 3.22. The molecular formula is C25H22F3N3O4. The normalized spacial score (nSPS) is 11.5. The number of aliphatic carboxylic acids is 1. The van der Waals surface area contributed by atoms with E-state index < -0.39 is 12.3 Å². The summed E-state index contributed by atoms with van der Waals surface area (Å²) in [6.07, 6.45) is -1.23. The standard InChI is InChI=1S/C25H22F3N3O4/c26-25(27,28)35-18-12-10-16(11-13-18)20-21-23(29-14-6-2-5-9-19(32)33)30-15-31-24(21)34-22(20)17-7-3-1-4-8-17/h1,3-4,7-8,10-13,15H,2,5-6,9,14H2,(H,32,33)(H,29,30,31). The number of alkyl halides is 3. The zero-order chi connectivity index (χ0) is 24.8. The van der Waals surface area contributed by atoms with Crippen LogP contribution in [-0.2, 0) is 4.79 Å². The zero-order valence-electron chi connectivity index (χ0n) is 18.5. The van der Waals surface area contributed by atoms with Crippen molar-refractivity contribution in [1.82, 2.24) is 9.97 Å². The number of hydrogen-bond donors (Lipinski definition) is 2. The summed E-state index contributed by atoms with van der Waals surface area (Å²) in [4.78, 5) is 19.3. The van der Waals surface area contributed by atoms with Gasteiger partial charge in [-0.25, -0.2) is 9.97 Å². The monoisotopic (exact) mass is 485 g/mol. The van der Waals surface area contributed by atoms with Crippen molar-refractivity contribution in [2.45, 2.75) is 32.0 Å². The number of nitrogens with zero attached hydrogens (tertiary/aromatic N) is 2. The van der Waals surface area contributed by atoms with Crippen LogP contribution in [0.5, 0.6) is 5.75 Å². The second-order valence-corrected chi connectivity index (χ2v) is 7.78. The number of carbonyl (C=O) groups is 1. The van der Waals surface area contributed by atoms with Gasteiger partial charge in [0.15, 0.2) is 0 Å². The highest BCUT2D eigenvalue weighted by molar-refractivity contribution is 6.05. The van der Waals surface area contributed by atoms with E-state index in [0.717, 1.165) is 18.4 Å². The minimum atomic E-state index is -4.78. The first-order chi connectivity index (χ1) is 16.8. The average molecular weight is 485 g/mol. The molecular weight excluding hydrogens is 463 g/mol. The Bertz CT molecular complexity index is 1290. The van der Waals surface area contributed by atoms with Gasteiger partial charge in [0.1, 0.15) is 23.7 Å². The van der Waals surface area contributed by atoms with Crippen molar-refractivity contribution in [3.05, 3.63) is 60.9 Å². The first-order valence-electron chi connectivity index (χ1n) is 11.0. The van der Waals surface area contributed by atoms with Crippen LogP contribution in [0, 0.1) is 0 Å². The van der Waals surface area contributed by atoms with Gasteiger partial charge in [0.2, 0.25) is 5.71 Å². The second kappa shape index (κ2) is 10.5. The van der Waals surface area contributed by atoms with Gasteiger partial charge in [-0.05, 0) is 30.5 Å². The molecule has 2 heterocycles. The first kappa shape index (κ1) is 24.1. The van der Waals surface area contributed by atoms with Crippen LogP contribution in [0.25, 0.3) is 33.6 Å². The van der Waals surface area contributed by atoms with E-state index >= 15 is 0 Å². The molecule has 0 spiro atoms. The maximum absolute atomic E-state index is 12.6. The van der Waals surface area contributed by atoms with E-state index in [1.165, 1.54) is 30.6 Å². The second-order valence-electron chi connectivity index (χ2n) is 7.78. The van der Waals surface area contributed by atoms with Crippen LogP contribution >= 0.6 is 0 Å². The largest absolute Gasteiger partial charge is 0.573 e. The van der Waals surface area contributed by atoms with Crippen LogP contribution in [0.15, 0.2) is 65.3 Å². The molecule has 0 aliphatic heterocycles. The van der Waals surface area contributed by atoms with E-state index in [-0.39, 0.29) is 12.2 Å². The molecule has 0 radical (unpaired) electrons. The van der Waals surface area contributed by atoms with Crippen molar-refractivity contribution < 1.29 is 32.2 Å². The van der Waals surface area contributed by atoms with Crippen molar-refractivity contribution >= 4 is 22.9 Å². The molecule has 4 rings (SSSR count). The number of rotatable bonds is 10. The molecule has 0 saturated heterocycles. The van der Waals surface area contributed by atoms with Gasteiger partial charge in [-0.2, -0.15) is 0 Å². The summed E-state index contributed by atoms with van der Waals surface area (Å²) >= 11 is 0. The van der Waals surface area contributed by atoms with Gasteiger partial charge >= 0.3 is 12.3 Å². The van der Waals surface area contributed by atoms with E-state index in [9.17, 15) is 18.0 Å². The summed E-state index contributed by atoms with van der Waals surface area (Å²) in [7, 11) is 0. The fraction of sp³-hybridized carbons (Fsp3) is 0.240. The molecule has 0 unspecified atom stereocenters. The predicted molar refractivity (Wildman–Crippen MR) is 124 cm³/mol. The number of nitrogens with one attached hydrogen (secondary N) is 1. The number of aromatic nitrogens is 2. The molecule has 182 valence electrons. The predicted octanol–water partition coefficient (Wildman–Crippen LogP) is 6.51. The van der Waals surface area contributed by atoms with Crippen molar-refractivity contribution in [2.75, 3.05) is 11.9 Å². The Balaban J connectivity index is 1.70. The number of carboxylic acid groups (broad SMARTS) is 1. The third-order valence-corrected chi connectivity index (χ3v) is 5.26. The molecule has 0 fully saturated rings. The molecule has 0 aliphatic rings. The van der Waals surface area contributed by atoms with Gasteiger partial charge in [-0.15, -0.1) is 13.2 Å². The number of fused-ring (bicyclic) bond motifs is 1. The maximum Gasteiger partial charge on any atom is 0.573 e. The van der Waals surface area contributed by atoms with E-state index in [4.69, 9.17) is 9.52 Å². The number of ether oxygens (including phenoxy) is 1. The molecule has 2 N–H and O–H groups in total. The van der Waals surface area contributed by atoms with E-state index in [2.05, 4.69) is 20.0 Å². The van der Waals surface area contributed by atoms with Gasteiger partial charge in [0.05, 0.1) is 5.39 Å². The molecule has 7 nitrogen and oxygen atoms in total.